The van der Waals surface area contributed by atoms with Gasteiger partial charge >= 0.3 is 0 Å². The summed E-state index contributed by atoms with van der Waals surface area (Å²) in [6.45, 7) is 0.794. The molecule has 1 fully saturated rings. The lowest BCUT2D eigenvalue weighted by Gasteiger charge is -2.17. The van der Waals surface area contributed by atoms with Gasteiger partial charge in [0.15, 0.2) is 0 Å². The van der Waals surface area contributed by atoms with Crippen LogP contribution in [0.2, 0.25) is 0 Å². The fraction of sp³-hybridized carbons (Fsp3) is 0.267. The Hall–Kier alpha value is -1.87. The Bertz CT molecular complexity index is 594. The van der Waals surface area contributed by atoms with Gasteiger partial charge in [0.2, 0.25) is 5.91 Å². The predicted octanol–water partition coefficient (Wildman–Crippen LogP) is 2.16. The van der Waals surface area contributed by atoms with Crippen molar-refractivity contribution in [2.45, 2.75) is 12.5 Å². The normalized spacial score (nSPS) is 19.7. The number of fused-ring (bicyclic) bond motifs is 1. The van der Waals surface area contributed by atoms with Crippen LogP contribution < -0.4 is 10.2 Å². The van der Waals surface area contributed by atoms with Crippen LogP contribution in [-0.4, -0.2) is 25.5 Å². The van der Waals surface area contributed by atoms with Gasteiger partial charge < -0.3 is 10.2 Å². The molecule has 2 aromatic rings. The number of carbonyl (C=O) groups excluding carboxylic acids is 1. The molecule has 0 saturated carbocycles. The molecule has 92 valence electrons. The zero-order valence-corrected chi connectivity index (χ0v) is 10.4. The van der Waals surface area contributed by atoms with E-state index in [2.05, 4.69) is 29.6 Å². The molecule has 0 radical (unpaired) electrons. The average molecular weight is 240 g/mol. The zero-order chi connectivity index (χ0) is 12.5. The van der Waals surface area contributed by atoms with Crippen LogP contribution in [0.25, 0.3) is 10.8 Å². The molecule has 1 atom stereocenters. The third kappa shape index (κ3) is 1.77. The molecule has 1 amide bonds. The molecule has 1 aliphatic heterocycles. The monoisotopic (exact) mass is 240 g/mol. The molecule has 3 rings (SSSR count). The van der Waals surface area contributed by atoms with Crippen molar-refractivity contribution in [2.75, 3.05) is 18.5 Å². The van der Waals surface area contributed by atoms with Crippen LogP contribution in [0.4, 0.5) is 5.69 Å². The number of carbonyl (C=O) groups is 1. The van der Waals surface area contributed by atoms with Crippen molar-refractivity contribution in [3.63, 3.8) is 0 Å². The largest absolute Gasteiger partial charge is 0.311 e. The lowest BCUT2D eigenvalue weighted by atomic mass is 10.1. The Kier molecular flexibility index (Phi) is 2.76. The molecule has 0 bridgehead atoms. The highest BCUT2D eigenvalue weighted by Crippen LogP contribution is 2.25. The van der Waals surface area contributed by atoms with Crippen molar-refractivity contribution in [3.05, 3.63) is 42.5 Å². The minimum Gasteiger partial charge on any atom is -0.311 e. The minimum absolute atomic E-state index is 0.0310. The lowest BCUT2D eigenvalue weighted by Crippen LogP contribution is -2.36. The molecule has 0 aliphatic carbocycles. The van der Waals surface area contributed by atoms with E-state index >= 15 is 0 Å². The summed E-state index contributed by atoms with van der Waals surface area (Å²) in [5.74, 6) is 0.174. The Balaban J connectivity index is 1.98. The first-order chi connectivity index (χ1) is 8.79. The predicted molar refractivity (Wildman–Crippen MR) is 73.8 cm³/mol. The van der Waals surface area contributed by atoms with Crippen molar-refractivity contribution < 1.29 is 4.79 Å². The van der Waals surface area contributed by atoms with Crippen LogP contribution in [0.15, 0.2) is 42.5 Å². The van der Waals surface area contributed by atoms with E-state index in [1.54, 1.807) is 0 Å². The summed E-state index contributed by atoms with van der Waals surface area (Å²) in [6, 6.07) is 14.4. The van der Waals surface area contributed by atoms with E-state index in [1.165, 1.54) is 10.8 Å². The van der Waals surface area contributed by atoms with Gasteiger partial charge in [-0.2, -0.15) is 0 Å². The van der Waals surface area contributed by atoms with Crippen LogP contribution >= 0.6 is 0 Å². The van der Waals surface area contributed by atoms with Gasteiger partial charge in [-0.3, -0.25) is 4.79 Å². The Morgan fingerprint density at radius 1 is 1.17 bits per heavy atom. The highest BCUT2D eigenvalue weighted by Gasteiger charge is 2.31. The molecule has 1 aliphatic rings. The Morgan fingerprint density at radius 2 is 1.94 bits per heavy atom. The Labute approximate surface area is 106 Å². The van der Waals surface area contributed by atoms with E-state index in [9.17, 15) is 4.79 Å². The number of amides is 1. The van der Waals surface area contributed by atoms with E-state index in [0.717, 1.165) is 18.7 Å². The first-order valence-electron chi connectivity index (χ1n) is 6.27. The minimum atomic E-state index is -0.0310. The van der Waals surface area contributed by atoms with Crippen molar-refractivity contribution >= 4 is 22.4 Å². The number of nitrogens with one attached hydrogen (secondary N) is 1. The summed E-state index contributed by atoms with van der Waals surface area (Å²) < 4.78 is 0. The number of nitrogens with zero attached hydrogens (tertiary/aromatic N) is 1. The Morgan fingerprint density at radius 3 is 2.67 bits per heavy atom. The smallest absolute Gasteiger partial charge is 0.244 e. The summed E-state index contributed by atoms with van der Waals surface area (Å²) in [4.78, 5) is 14.0. The number of rotatable bonds is 2. The van der Waals surface area contributed by atoms with E-state index in [0.29, 0.717) is 0 Å². The molecule has 3 nitrogen and oxygen atoms in total. The second-order valence-corrected chi connectivity index (χ2v) is 4.65. The number of hydrogen-bond donors (Lipinski definition) is 1. The van der Waals surface area contributed by atoms with E-state index in [-0.39, 0.29) is 11.9 Å². The standard InChI is InChI=1S/C15H16N2O/c1-16-14-8-9-17(15(14)18)13-7-6-11-4-2-3-5-12(11)10-13/h2-7,10,14,16H,8-9H2,1H3. The molecule has 0 aromatic heterocycles. The summed E-state index contributed by atoms with van der Waals surface area (Å²) in [5, 5.41) is 5.44. The number of benzene rings is 2. The van der Waals surface area contributed by atoms with Crippen LogP contribution in [0.3, 0.4) is 0 Å². The molecular formula is C15H16N2O. The van der Waals surface area contributed by atoms with E-state index in [4.69, 9.17) is 0 Å². The van der Waals surface area contributed by atoms with Gasteiger partial charge in [0, 0.05) is 12.2 Å². The van der Waals surface area contributed by atoms with E-state index in [1.807, 2.05) is 30.1 Å². The maximum atomic E-state index is 12.1. The SMILES string of the molecule is CNC1CCN(c2ccc3ccccc3c2)C1=O. The average Bonchev–Trinajstić information content (AvgIpc) is 2.79. The van der Waals surface area contributed by atoms with Gasteiger partial charge in [-0.05, 0) is 36.4 Å². The first kappa shape index (κ1) is 11.2. The molecule has 1 unspecified atom stereocenters. The van der Waals surface area contributed by atoms with E-state index < -0.39 is 0 Å². The van der Waals surface area contributed by atoms with Gasteiger partial charge in [0.25, 0.3) is 0 Å². The number of hydrogen-bond acceptors (Lipinski definition) is 2. The van der Waals surface area contributed by atoms with Crippen LogP contribution in [0.5, 0.6) is 0 Å². The highest BCUT2D eigenvalue weighted by molar-refractivity contribution is 6.01. The fourth-order valence-electron chi connectivity index (χ4n) is 2.55. The van der Waals surface area contributed by atoms with Crippen molar-refractivity contribution in [1.82, 2.24) is 5.32 Å². The molecular weight excluding hydrogens is 224 g/mol. The summed E-state index contributed by atoms with van der Waals surface area (Å²) in [7, 11) is 1.84. The first-order valence-corrected chi connectivity index (χ1v) is 6.27. The van der Waals surface area contributed by atoms with Gasteiger partial charge in [0.05, 0.1) is 6.04 Å². The van der Waals surface area contributed by atoms with Gasteiger partial charge in [-0.15, -0.1) is 0 Å². The summed E-state index contributed by atoms with van der Waals surface area (Å²) >= 11 is 0. The molecule has 3 heteroatoms. The maximum absolute atomic E-state index is 12.1. The molecule has 1 N–H and O–H groups in total. The van der Waals surface area contributed by atoms with Crippen LogP contribution in [0, 0.1) is 0 Å². The quantitative estimate of drug-likeness (QED) is 0.872. The highest BCUT2D eigenvalue weighted by atomic mass is 16.2. The lowest BCUT2D eigenvalue weighted by molar-refractivity contribution is -0.118. The fourth-order valence-corrected chi connectivity index (χ4v) is 2.55. The van der Waals surface area contributed by atoms with Crippen LogP contribution in [-0.2, 0) is 4.79 Å². The van der Waals surface area contributed by atoms with Crippen molar-refractivity contribution in [3.8, 4) is 0 Å². The van der Waals surface area contributed by atoms with Gasteiger partial charge in [0.1, 0.15) is 0 Å². The maximum Gasteiger partial charge on any atom is 0.244 e. The molecule has 2 aromatic carbocycles. The number of anilines is 1. The summed E-state index contributed by atoms with van der Waals surface area (Å²) in [5.41, 5.74) is 0.997. The third-order valence-corrected chi connectivity index (χ3v) is 3.60. The van der Waals surface area contributed by atoms with Gasteiger partial charge in [-0.1, -0.05) is 30.3 Å². The van der Waals surface area contributed by atoms with Crippen LogP contribution in [0.1, 0.15) is 6.42 Å². The summed E-state index contributed by atoms with van der Waals surface area (Å²) in [6.07, 6.45) is 0.877. The molecule has 1 saturated heterocycles. The zero-order valence-electron chi connectivity index (χ0n) is 10.4. The molecule has 18 heavy (non-hydrogen) atoms. The second-order valence-electron chi connectivity index (χ2n) is 4.65. The number of likely N-dealkylation sites (N-methyl/N-ethyl adjacent to an activating group) is 1. The van der Waals surface area contributed by atoms with Crippen molar-refractivity contribution in [1.29, 1.82) is 0 Å². The third-order valence-electron chi connectivity index (χ3n) is 3.60. The molecule has 0 spiro atoms. The van der Waals surface area contributed by atoms with Gasteiger partial charge in [-0.25, -0.2) is 0 Å². The molecule has 1 heterocycles. The second kappa shape index (κ2) is 4.42. The topological polar surface area (TPSA) is 32.3 Å². The van der Waals surface area contributed by atoms with Crippen molar-refractivity contribution in [2.24, 2.45) is 0 Å².